The smallest absolute Gasteiger partial charge is 0.153 e. The van der Waals surface area contributed by atoms with E-state index in [-0.39, 0.29) is 5.56 Å². The molecule has 0 unspecified atom stereocenters. The van der Waals surface area contributed by atoms with Crippen LogP contribution in [-0.2, 0) is 0 Å². The highest BCUT2D eigenvalue weighted by Crippen LogP contribution is 2.24. The van der Waals surface area contributed by atoms with Crippen LogP contribution in [0.1, 0.15) is 5.56 Å². The van der Waals surface area contributed by atoms with Gasteiger partial charge in [-0.1, -0.05) is 6.07 Å². The number of nitriles is 1. The van der Waals surface area contributed by atoms with Crippen molar-refractivity contribution in [2.24, 2.45) is 0 Å². The second-order valence-electron chi connectivity index (χ2n) is 3.34. The number of nitrogens with one attached hydrogen (secondary N) is 1. The Morgan fingerprint density at radius 3 is 2.82 bits per heavy atom. The predicted octanol–water partition coefficient (Wildman–Crippen LogP) is 2.42. The standard InChI is InChI=1S/C12H9FN4/c13-9-3-1-5-11(8(9)7-14)17-12-10(15)4-2-6-16-12/h1-6H,15H2,(H,16,17). The first-order chi connectivity index (χ1) is 8.22. The molecule has 0 aliphatic rings. The van der Waals surface area contributed by atoms with Gasteiger partial charge in [0.25, 0.3) is 0 Å². The quantitative estimate of drug-likeness (QED) is 0.827. The Morgan fingerprint density at radius 1 is 1.29 bits per heavy atom. The van der Waals surface area contributed by atoms with Gasteiger partial charge in [-0.25, -0.2) is 9.37 Å². The van der Waals surface area contributed by atoms with Crippen molar-refractivity contribution in [3.8, 4) is 6.07 Å². The molecule has 17 heavy (non-hydrogen) atoms. The van der Waals surface area contributed by atoms with E-state index in [1.54, 1.807) is 30.5 Å². The number of anilines is 3. The van der Waals surface area contributed by atoms with E-state index in [1.807, 2.05) is 0 Å². The zero-order valence-corrected chi connectivity index (χ0v) is 8.81. The largest absolute Gasteiger partial charge is 0.396 e. The molecule has 0 aliphatic carbocycles. The van der Waals surface area contributed by atoms with Crippen LogP contribution in [0.2, 0.25) is 0 Å². The maximum atomic E-state index is 13.3. The van der Waals surface area contributed by atoms with E-state index in [9.17, 15) is 4.39 Å². The number of rotatable bonds is 2. The van der Waals surface area contributed by atoms with Crippen LogP contribution < -0.4 is 11.1 Å². The molecule has 0 saturated heterocycles. The summed E-state index contributed by atoms with van der Waals surface area (Å²) >= 11 is 0. The molecule has 2 rings (SSSR count). The zero-order valence-electron chi connectivity index (χ0n) is 8.81. The molecule has 2 aromatic rings. The van der Waals surface area contributed by atoms with Gasteiger partial charge in [-0.05, 0) is 24.3 Å². The predicted molar refractivity (Wildman–Crippen MR) is 63.0 cm³/mol. The van der Waals surface area contributed by atoms with E-state index in [2.05, 4.69) is 10.3 Å². The van der Waals surface area contributed by atoms with E-state index in [0.717, 1.165) is 0 Å². The summed E-state index contributed by atoms with van der Waals surface area (Å²) in [6.07, 6.45) is 1.56. The molecule has 5 heteroatoms. The minimum Gasteiger partial charge on any atom is -0.396 e. The molecule has 84 valence electrons. The van der Waals surface area contributed by atoms with Crippen molar-refractivity contribution in [1.82, 2.24) is 4.98 Å². The van der Waals surface area contributed by atoms with Crippen LogP contribution in [0.4, 0.5) is 21.6 Å². The summed E-state index contributed by atoms with van der Waals surface area (Å²) in [5.41, 5.74) is 6.41. The molecular formula is C12H9FN4. The number of pyridine rings is 1. The highest BCUT2D eigenvalue weighted by Gasteiger charge is 2.09. The summed E-state index contributed by atoms with van der Waals surface area (Å²) < 4.78 is 13.3. The van der Waals surface area contributed by atoms with Gasteiger partial charge in [0.1, 0.15) is 17.4 Å². The number of nitrogens with two attached hydrogens (primary N) is 1. The van der Waals surface area contributed by atoms with Gasteiger partial charge in [-0.2, -0.15) is 5.26 Å². The summed E-state index contributed by atoms with van der Waals surface area (Å²) in [6.45, 7) is 0. The fraction of sp³-hybridized carbons (Fsp3) is 0. The van der Waals surface area contributed by atoms with Crippen LogP contribution in [0.25, 0.3) is 0 Å². The first-order valence-electron chi connectivity index (χ1n) is 4.88. The third-order valence-corrected chi connectivity index (χ3v) is 2.22. The maximum absolute atomic E-state index is 13.3. The zero-order chi connectivity index (χ0) is 12.3. The number of nitrogen functional groups attached to an aromatic ring is 1. The molecular weight excluding hydrogens is 219 g/mol. The lowest BCUT2D eigenvalue weighted by molar-refractivity contribution is 0.624. The maximum Gasteiger partial charge on any atom is 0.153 e. The van der Waals surface area contributed by atoms with Crippen LogP contribution >= 0.6 is 0 Å². The Hall–Kier alpha value is -2.61. The Morgan fingerprint density at radius 2 is 2.12 bits per heavy atom. The van der Waals surface area contributed by atoms with Gasteiger partial charge in [0.2, 0.25) is 0 Å². The molecule has 1 heterocycles. The lowest BCUT2D eigenvalue weighted by atomic mass is 10.2. The molecule has 0 aliphatic heterocycles. The Balaban J connectivity index is 2.41. The molecule has 0 bridgehead atoms. The molecule has 0 saturated carbocycles. The molecule has 0 atom stereocenters. The first-order valence-corrected chi connectivity index (χ1v) is 4.88. The fourth-order valence-corrected chi connectivity index (χ4v) is 1.39. The number of hydrogen-bond acceptors (Lipinski definition) is 4. The van der Waals surface area contributed by atoms with Gasteiger partial charge in [-0.15, -0.1) is 0 Å². The molecule has 3 N–H and O–H groups in total. The van der Waals surface area contributed by atoms with E-state index in [0.29, 0.717) is 17.2 Å². The van der Waals surface area contributed by atoms with Crippen LogP contribution in [0, 0.1) is 17.1 Å². The lowest BCUT2D eigenvalue weighted by Gasteiger charge is -2.09. The molecule has 1 aromatic heterocycles. The second-order valence-corrected chi connectivity index (χ2v) is 3.34. The number of halogens is 1. The average Bonchev–Trinajstić information content (AvgIpc) is 2.32. The minimum atomic E-state index is -0.577. The second kappa shape index (κ2) is 4.49. The van der Waals surface area contributed by atoms with Crippen LogP contribution in [0.15, 0.2) is 36.5 Å². The van der Waals surface area contributed by atoms with Crippen molar-refractivity contribution in [3.05, 3.63) is 47.9 Å². The summed E-state index contributed by atoms with van der Waals surface area (Å²) in [6, 6.07) is 9.49. The van der Waals surface area contributed by atoms with Gasteiger partial charge in [0.05, 0.1) is 11.4 Å². The van der Waals surface area contributed by atoms with E-state index in [4.69, 9.17) is 11.0 Å². The monoisotopic (exact) mass is 228 g/mol. The highest BCUT2D eigenvalue weighted by atomic mass is 19.1. The highest BCUT2D eigenvalue weighted by molar-refractivity contribution is 5.71. The molecule has 1 aromatic carbocycles. The summed E-state index contributed by atoms with van der Waals surface area (Å²) in [5, 5.41) is 11.7. The first kappa shape index (κ1) is 10.9. The number of nitrogens with zero attached hydrogens (tertiary/aromatic N) is 2. The number of hydrogen-bond donors (Lipinski definition) is 2. The third-order valence-electron chi connectivity index (χ3n) is 2.22. The minimum absolute atomic E-state index is 0.0578. The topological polar surface area (TPSA) is 74.7 Å². The van der Waals surface area contributed by atoms with Crippen molar-refractivity contribution < 1.29 is 4.39 Å². The van der Waals surface area contributed by atoms with E-state index in [1.165, 1.54) is 12.1 Å². The average molecular weight is 228 g/mol. The van der Waals surface area contributed by atoms with Crippen molar-refractivity contribution in [3.63, 3.8) is 0 Å². The molecule has 0 fully saturated rings. The normalized spacial score (nSPS) is 9.65. The summed E-state index contributed by atoms with van der Waals surface area (Å²) in [4.78, 5) is 4.01. The van der Waals surface area contributed by atoms with Crippen LogP contribution in [-0.4, -0.2) is 4.98 Å². The third kappa shape index (κ3) is 2.16. The van der Waals surface area contributed by atoms with Crippen molar-refractivity contribution in [1.29, 1.82) is 5.26 Å². The van der Waals surface area contributed by atoms with E-state index >= 15 is 0 Å². The number of benzene rings is 1. The van der Waals surface area contributed by atoms with Gasteiger partial charge in [0, 0.05) is 6.20 Å². The van der Waals surface area contributed by atoms with Gasteiger partial charge < -0.3 is 11.1 Å². The van der Waals surface area contributed by atoms with E-state index < -0.39 is 5.82 Å². The summed E-state index contributed by atoms with van der Waals surface area (Å²) in [7, 11) is 0. The van der Waals surface area contributed by atoms with Crippen molar-refractivity contribution >= 4 is 17.2 Å². The fourth-order valence-electron chi connectivity index (χ4n) is 1.39. The van der Waals surface area contributed by atoms with Crippen molar-refractivity contribution in [2.75, 3.05) is 11.1 Å². The molecule has 0 amide bonds. The summed E-state index contributed by atoms with van der Waals surface area (Å²) in [5.74, 6) is -0.179. The number of aromatic nitrogens is 1. The van der Waals surface area contributed by atoms with Crippen LogP contribution in [0.3, 0.4) is 0 Å². The van der Waals surface area contributed by atoms with Crippen molar-refractivity contribution in [2.45, 2.75) is 0 Å². The van der Waals surface area contributed by atoms with Gasteiger partial charge >= 0.3 is 0 Å². The van der Waals surface area contributed by atoms with Crippen LogP contribution in [0.5, 0.6) is 0 Å². The molecule has 0 radical (unpaired) electrons. The molecule has 0 spiro atoms. The Labute approximate surface area is 97.5 Å². The Bertz CT molecular complexity index is 589. The van der Waals surface area contributed by atoms with Gasteiger partial charge in [-0.3, -0.25) is 0 Å². The SMILES string of the molecule is N#Cc1c(F)cccc1Nc1ncccc1N. The van der Waals surface area contributed by atoms with Gasteiger partial charge in [0.15, 0.2) is 5.82 Å². The molecule has 4 nitrogen and oxygen atoms in total. The lowest BCUT2D eigenvalue weighted by Crippen LogP contribution is -2.01. The Kier molecular flexibility index (Phi) is 2.88.